The second-order valence-electron chi connectivity index (χ2n) is 4.86. The minimum atomic E-state index is -1.26. The summed E-state index contributed by atoms with van der Waals surface area (Å²) in [5.74, 6) is -0.662. The molecule has 0 saturated carbocycles. The Kier molecular flexibility index (Phi) is 4.80. The van der Waals surface area contributed by atoms with E-state index in [4.69, 9.17) is 11.6 Å². The van der Waals surface area contributed by atoms with Crippen LogP contribution in [0.5, 0.6) is 0 Å². The minimum Gasteiger partial charge on any atom is -0.384 e. The summed E-state index contributed by atoms with van der Waals surface area (Å²) >= 11 is 7.20. The third-order valence-electron chi connectivity index (χ3n) is 3.15. The molecule has 8 heteroatoms. The molecule has 6 nitrogen and oxygen atoms in total. The van der Waals surface area contributed by atoms with E-state index in [1.54, 1.807) is 18.4 Å². The molecule has 0 fully saturated rings. The van der Waals surface area contributed by atoms with E-state index in [1.165, 1.54) is 29.5 Å². The molecule has 0 aliphatic carbocycles. The number of rotatable bonds is 5. The monoisotopic (exact) mass is 340 g/mol. The highest BCUT2D eigenvalue weighted by Crippen LogP contribution is 2.28. The maximum absolute atomic E-state index is 12.2. The molecule has 0 aliphatic rings. The van der Waals surface area contributed by atoms with Crippen molar-refractivity contribution in [3.63, 3.8) is 0 Å². The lowest BCUT2D eigenvalue weighted by atomic mass is 9.99. The number of carbonyl (C=O) groups is 1. The molecule has 2 aromatic rings. The van der Waals surface area contributed by atoms with Crippen molar-refractivity contribution in [2.45, 2.75) is 12.5 Å². The second-order valence-corrected chi connectivity index (χ2v) is 6.05. The number of nitrogens with zero attached hydrogens (tertiary/aromatic N) is 1. The number of amides is 1. The van der Waals surface area contributed by atoms with Gasteiger partial charge >= 0.3 is 5.69 Å². The lowest BCUT2D eigenvalue weighted by Crippen LogP contribution is -2.38. The second kappa shape index (κ2) is 6.43. The van der Waals surface area contributed by atoms with E-state index in [2.05, 4.69) is 5.32 Å². The molecule has 1 aromatic heterocycles. The first kappa shape index (κ1) is 16.4. The van der Waals surface area contributed by atoms with Gasteiger partial charge in [-0.1, -0.05) is 17.7 Å². The van der Waals surface area contributed by atoms with Crippen LogP contribution in [0.1, 0.15) is 22.8 Å². The van der Waals surface area contributed by atoms with Crippen LogP contribution in [0, 0.1) is 10.1 Å². The average Bonchev–Trinajstić information content (AvgIpc) is 2.99. The number of halogens is 1. The molecule has 1 heterocycles. The maximum Gasteiger partial charge on any atom is 0.300 e. The molecule has 0 radical (unpaired) electrons. The molecule has 1 aromatic carbocycles. The minimum absolute atomic E-state index is 0.0771. The topological polar surface area (TPSA) is 92.5 Å². The highest BCUT2D eigenvalue weighted by Gasteiger charge is 2.27. The number of para-hydroxylation sites is 1. The van der Waals surface area contributed by atoms with Gasteiger partial charge in [-0.15, -0.1) is 0 Å². The predicted molar refractivity (Wildman–Crippen MR) is 84.3 cm³/mol. The van der Waals surface area contributed by atoms with Crippen LogP contribution in [0.3, 0.4) is 0 Å². The standard InChI is InChI=1S/C14H13ClN2O4S/c1-14(19,9-5-6-22-7-9)8-16-13(18)10-3-2-4-11(15)12(10)17(20)21/h2-7,19H,8H2,1H3,(H,16,18). The molecular weight excluding hydrogens is 328 g/mol. The van der Waals surface area contributed by atoms with Crippen molar-refractivity contribution >= 4 is 34.5 Å². The number of nitrogens with one attached hydrogen (secondary N) is 1. The van der Waals surface area contributed by atoms with Gasteiger partial charge in [-0.05, 0) is 41.4 Å². The lowest BCUT2D eigenvalue weighted by Gasteiger charge is -2.22. The van der Waals surface area contributed by atoms with E-state index in [1.807, 2.05) is 5.38 Å². The summed E-state index contributed by atoms with van der Waals surface area (Å²) in [4.78, 5) is 22.5. The van der Waals surface area contributed by atoms with Gasteiger partial charge in [0.05, 0.1) is 11.5 Å². The zero-order valence-electron chi connectivity index (χ0n) is 11.6. The van der Waals surface area contributed by atoms with E-state index in [-0.39, 0.29) is 17.1 Å². The quantitative estimate of drug-likeness (QED) is 0.646. The lowest BCUT2D eigenvalue weighted by molar-refractivity contribution is -0.385. The van der Waals surface area contributed by atoms with Crippen LogP contribution in [0.2, 0.25) is 5.02 Å². The average molecular weight is 341 g/mol. The zero-order chi connectivity index (χ0) is 16.3. The summed E-state index contributed by atoms with van der Waals surface area (Å²) in [5, 5.41) is 27.3. The fourth-order valence-corrected chi connectivity index (χ4v) is 2.93. The Bertz CT molecular complexity index is 701. The van der Waals surface area contributed by atoms with Gasteiger partial charge in [0, 0.05) is 0 Å². The van der Waals surface area contributed by atoms with Gasteiger partial charge < -0.3 is 10.4 Å². The molecule has 0 aliphatic heterocycles. The highest BCUT2D eigenvalue weighted by molar-refractivity contribution is 7.08. The van der Waals surface area contributed by atoms with E-state index in [9.17, 15) is 20.0 Å². The van der Waals surface area contributed by atoms with Gasteiger partial charge in [0.1, 0.15) is 16.2 Å². The third-order valence-corrected chi connectivity index (χ3v) is 4.14. The molecule has 0 spiro atoms. The number of carbonyl (C=O) groups excluding carboxylic acids is 1. The molecule has 22 heavy (non-hydrogen) atoms. The first-order valence-electron chi connectivity index (χ1n) is 6.29. The van der Waals surface area contributed by atoms with E-state index >= 15 is 0 Å². The fraction of sp³-hybridized carbons (Fsp3) is 0.214. The molecule has 1 unspecified atom stereocenters. The van der Waals surface area contributed by atoms with Crippen LogP contribution in [0.15, 0.2) is 35.0 Å². The SMILES string of the molecule is CC(O)(CNC(=O)c1cccc(Cl)c1[N+](=O)[O-])c1ccsc1. The van der Waals surface area contributed by atoms with Crippen LogP contribution in [-0.2, 0) is 5.60 Å². The Hall–Kier alpha value is -1.96. The van der Waals surface area contributed by atoms with Crippen LogP contribution in [0.25, 0.3) is 0 Å². The van der Waals surface area contributed by atoms with Crippen molar-refractivity contribution < 1.29 is 14.8 Å². The van der Waals surface area contributed by atoms with Crippen LogP contribution in [-0.4, -0.2) is 22.5 Å². The van der Waals surface area contributed by atoms with E-state index in [0.29, 0.717) is 5.56 Å². The van der Waals surface area contributed by atoms with Crippen molar-refractivity contribution in [2.75, 3.05) is 6.54 Å². The van der Waals surface area contributed by atoms with Gasteiger partial charge in [0.2, 0.25) is 0 Å². The molecule has 0 bridgehead atoms. The van der Waals surface area contributed by atoms with Gasteiger partial charge in [-0.25, -0.2) is 0 Å². The summed E-state index contributed by atoms with van der Waals surface area (Å²) in [6.07, 6.45) is 0. The largest absolute Gasteiger partial charge is 0.384 e. The first-order valence-corrected chi connectivity index (χ1v) is 7.61. The molecule has 1 atom stereocenters. The first-order chi connectivity index (χ1) is 10.3. The summed E-state index contributed by atoms with van der Waals surface area (Å²) in [5.41, 5.74) is -1.18. The third kappa shape index (κ3) is 3.44. The molecular formula is C14H13ClN2O4S. The summed E-state index contributed by atoms with van der Waals surface area (Å²) in [6.45, 7) is 1.48. The van der Waals surface area contributed by atoms with Gasteiger partial charge in [-0.2, -0.15) is 11.3 Å². The smallest absolute Gasteiger partial charge is 0.300 e. The molecule has 2 rings (SSSR count). The molecule has 2 N–H and O–H groups in total. The van der Waals surface area contributed by atoms with Crippen molar-refractivity contribution in [1.82, 2.24) is 5.32 Å². The Morgan fingerprint density at radius 1 is 1.50 bits per heavy atom. The number of hydrogen-bond acceptors (Lipinski definition) is 5. The summed E-state index contributed by atoms with van der Waals surface area (Å²) in [7, 11) is 0. The Morgan fingerprint density at radius 2 is 2.23 bits per heavy atom. The number of thiophene rings is 1. The fourth-order valence-electron chi connectivity index (χ4n) is 1.90. The Balaban J connectivity index is 2.17. The Labute approximate surface area is 135 Å². The van der Waals surface area contributed by atoms with Crippen molar-refractivity contribution in [1.29, 1.82) is 0 Å². The summed E-state index contributed by atoms with van der Waals surface area (Å²) < 4.78 is 0. The van der Waals surface area contributed by atoms with Gasteiger partial charge in [0.15, 0.2) is 0 Å². The number of hydrogen-bond donors (Lipinski definition) is 2. The van der Waals surface area contributed by atoms with Crippen molar-refractivity contribution in [3.8, 4) is 0 Å². The Morgan fingerprint density at radius 3 is 2.82 bits per heavy atom. The number of nitro groups is 1. The van der Waals surface area contributed by atoms with Gasteiger partial charge in [0.25, 0.3) is 5.91 Å². The normalized spacial score (nSPS) is 13.4. The van der Waals surface area contributed by atoms with Crippen molar-refractivity contribution in [2.24, 2.45) is 0 Å². The highest BCUT2D eigenvalue weighted by atomic mass is 35.5. The van der Waals surface area contributed by atoms with E-state index in [0.717, 1.165) is 0 Å². The van der Waals surface area contributed by atoms with Gasteiger partial charge in [-0.3, -0.25) is 14.9 Å². The van der Waals surface area contributed by atoms with Crippen LogP contribution in [0.4, 0.5) is 5.69 Å². The maximum atomic E-state index is 12.2. The van der Waals surface area contributed by atoms with Crippen molar-refractivity contribution in [3.05, 3.63) is 61.3 Å². The van der Waals surface area contributed by atoms with Crippen LogP contribution < -0.4 is 5.32 Å². The summed E-state index contributed by atoms with van der Waals surface area (Å²) in [6, 6.07) is 5.87. The molecule has 1 amide bonds. The number of aliphatic hydroxyl groups is 1. The van der Waals surface area contributed by atoms with Crippen LogP contribution >= 0.6 is 22.9 Å². The number of benzene rings is 1. The predicted octanol–water partition coefficient (Wildman–Crippen LogP) is 2.95. The zero-order valence-corrected chi connectivity index (χ0v) is 13.1. The molecule has 116 valence electrons. The van der Waals surface area contributed by atoms with E-state index < -0.39 is 22.1 Å². The molecule has 0 saturated heterocycles. The number of nitro benzene ring substituents is 1.